The molecule has 0 aliphatic heterocycles. The minimum absolute atomic E-state index is 0.580. The highest BCUT2D eigenvalue weighted by molar-refractivity contribution is 5.98. The highest BCUT2D eigenvalue weighted by atomic mass is 16.5. The van der Waals surface area contributed by atoms with Crippen LogP contribution in [0, 0.1) is 0 Å². The van der Waals surface area contributed by atoms with Gasteiger partial charge in [-0.1, -0.05) is 23.4 Å². The summed E-state index contributed by atoms with van der Waals surface area (Å²) in [5, 5.41) is 11.8. The van der Waals surface area contributed by atoms with E-state index < -0.39 is 0 Å². The average molecular weight is 227 g/mol. The first-order valence-corrected chi connectivity index (χ1v) is 5.31. The Morgan fingerprint density at radius 3 is 2.12 bits per heavy atom. The van der Waals surface area contributed by atoms with Gasteiger partial charge < -0.3 is 9.94 Å². The molecule has 1 N–H and O–H groups in total. The Balaban J connectivity index is 2.14. The molecule has 3 heteroatoms. The highest BCUT2D eigenvalue weighted by Gasteiger charge is 1.99. The van der Waals surface area contributed by atoms with E-state index in [-0.39, 0.29) is 0 Å². The van der Waals surface area contributed by atoms with Crippen molar-refractivity contribution < 1.29 is 9.94 Å². The van der Waals surface area contributed by atoms with Crippen LogP contribution in [0.2, 0.25) is 0 Å². The molecule has 0 saturated heterocycles. The van der Waals surface area contributed by atoms with Crippen LogP contribution in [0.1, 0.15) is 12.5 Å². The number of para-hydroxylation sites is 1. The summed E-state index contributed by atoms with van der Waals surface area (Å²) in [5.74, 6) is 1.55. The minimum atomic E-state index is 0.580. The van der Waals surface area contributed by atoms with Crippen molar-refractivity contribution in [2.24, 2.45) is 5.16 Å². The monoisotopic (exact) mass is 227 g/mol. The second kappa shape index (κ2) is 5.16. The molecule has 0 bridgehead atoms. The molecule has 0 unspecified atom stereocenters. The molecule has 0 fully saturated rings. The molecule has 0 atom stereocenters. The van der Waals surface area contributed by atoms with Gasteiger partial charge >= 0.3 is 0 Å². The SMILES string of the molecule is C/C(=N\O)c1ccc(Oc2ccccc2)cc1. The summed E-state index contributed by atoms with van der Waals surface area (Å²) in [6, 6.07) is 17.0. The first-order valence-electron chi connectivity index (χ1n) is 5.31. The Morgan fingerprint density at radius 1 is 0.941 bits per heavy atom. The molecule has 0 aromatic heterocycles. The van der Waals surface area contributed by atoms with Gasteiger partial charge in [-0.05, 0) is 48.9 Å². The fraction of sp³-hybridized carbons (Fsp3) is 0.0714. The van der Waals surface area contributed by atoms with E-state index in [9.17, 15) is 0 Å². The Kier molecular flexibility index (Phi) is 3.40. The molecule has 0 spiro atoms. The molecule has 0 amide bonds. The van der Waals surface area contributed by atoms with Crippen molar-refractivity contribution in [2.75, 3.05) is 0 Å². The van der Waals surface area contributed by atoms with Gasteiger partial charge in [0.1, 0.15) is 11.5 Å². The molecule has 2 aromatic rings. The zero-order valence-electron chi connectivity index (χ0n) is 9.50. The molecule has 0 aliphatic carbocycles. The molecule has 0 aliphatic rings. The molecular formula is C14H13NO2. The van der Waals surface area contributed by atoms with Gasteiger partial charge in [0, 0.05) is 0 Å². The molecule has 17 heavy (non-hydrogen) atoms. The maximum Gasteiger partial charge on any atom is 0.127 e. The Bertz CT molecular complexity index is 504. The predicted octanol–water partition coefficient (Wildman–Crippen LogP) is 3.68. The normalized spacial score (nSPS) is 11.2. The predicted molar refractivity (Wildman–Crippen MR) is 67.0 cm³/mol. The van der Waals surface area contributed by atoms with E-state index in [1.165, 1.54) is 0 Å². The largest absolute Gasteiger partial charge is 0.457 e. The molecular weight excluding hydrogens is 214 g/mol. The third-order valence-electron chi connectivity index (χ3n) is 2.40. The Morgan fingerprint density at radius 2 is 1.53 bits per heavy atom. The Hall–Kier alpha value is -2.29. The maximum atomic E-state index is 8.65. The lowest BCUT2D eigenvalue weighted by atomic mass is 10.1. The van der Waals surface area contributed by atoms with Crippen molar-refractivity contribution in [2.45, 2.75) is 6.92 Å². The number of nitrogens with zero attached hydrogens (tertiary/aromatic N) is 1. The van der Waals surface area contributed by atoms with E-state index in [1.54, 1.807) is 6.92 Å². The lowest BCUT2D eigenvalue weighted by molar-refractivity contribution is 0.319. The molecule has 0 saturated carbocycles. The minimum Gasteiger partial charge on any atom is -0.457 e. The van der Waals surface area contributed by atoms with Crippen molar-refractivity contribution in [1.82, 2.24) is 0 Å². The van der Waals surface area contributed by atoms with E-state index in [2.05, 4.69) is 5.16 Å². The fourth-order valence-corrected chi connectivity index (χ4v) is 1.45. The second-order valence-corrected chi connectivity index (χ2v) is 3.62. The summed E-state index contributed by atoms with van der Waals surface area (Å²) in [5.41, 5.74) is 1.45. The topological polar surface area (TPSA) is 41.8 Å². The molecule has 86 valence electrons. The summed E-state index contributed by atoms with van der Waals surface area (Å²) in [7, 11) is 0. The first-order chi connectivity index (χ1) is 8.29. The zero-order valence-corrected chi connectivity index (χ0v) is 9.50. The third kappa shape index (κ3) is 2.84. The quantitative estimate of drug-likeness (QED) is 0.493. The summed E-state index contributed by atoms with van der Waals surface area (Å²) < 4.78 is 5.64. The number of hydrogen-bond acceptors (Lipinski definition) is 3. The summed E-state index contributed by atoms with van der Waals surface area (Å²) in [6.07, 6.45) is 0. The lowest BCUT2D eigenvalue weighted by Gasteiger charge is -2.06. The van der Waals surface area contributed by atoms with Crippen LogP contribution < -0.4 is 4.74 Å². The van der Waals surface area contributed by atoms with Crippen molar-refractivity contribution in [1.29, 1.82) is 0 Å². The van der Waals surface area contributed by atoms with E-state index in [1.807, 2.05) is 54.6 Å². The summed E-state index contributed by atoms with van der Waals surface area (Å²) >= 11 is 0. The second-order valence-electron chi connectivity index (χ2n) is 3.62. The summed E-state index contributed by atoms with van der Waals surface area (Å²) in [6.45, 7) is 1.74. The number of oxime groups is 1. The lowest BCUT2D eigenvalue weighted by Crippen LogP contribution is -1.93. The molecule has 2 rings (SSSR count). The van der Waals surface area contributed by atoms with Crippen LogP contribution in [0.5, 0.6) is 11.5 Å². The van der Waals surface area contributed by atoms with Crippen LogP contribution >= 0.6 is 0 Å². The fourth-order valence-electron chi connectivity index (χ4n) is 1.45. The number of ether oxygens (including phenoxy) is 1. The Labute approximate surface area is 100.0 Å². The standard InChI is InChI=1S/C14H13NO2/c1-11(15-16)12-7-9-14(10-8-12)17-13-5-3-2-4-6-13/h2-10,16H,1H3/b15-11+. The maximum absolute atomic E-state index is 8.65. The van der Waals surface area contributed by atoms with Gasteiger partial charge in [-0.15, -0.1) is 0 Å². The van der Waals surface area contributed by atoms with Crippen LogP contribution in [-0.4, -0.2) is 10.9 Å². The van der Waals surface area contributed by atoms with Crippen molar-refractivity contribution >= 4 is 5.71 Å². The highest BCUT2D eigenvalue weighted by Crippen LogP contribution is 2.21. The van der Waals surface area contributed by atoms with Crippen LogP contribution in [0.3, 0.4) is 0 Å². The van der Waals surface area contributed by atoms with Gasteiger partial charge in [0.25, 0.3) is 0 Å². The summed E-state index contributed by atoms with van der Waals surface area (Å²) in [4.78, 5) is 0. The smallest absolute Gasteiger partial charge is 0.127 e. The first kappa shape index (κ1) is 11.2. The van der Waals surface area contributed by atoms with Crippen molar-refractivity contribution in [3.8, 4) is 11.5 Å². The van der Waals surface area contributed by atoms with Gasteiger partial charge in [0.15, 0.2) is 0 Å². The van der Waals surface area contributed by atoms with E-state index >= 15 is 0 Å². The molecule has 0 heterocycles. The van der Waals surface area contributed by atoms with Gasteiger partial charge in [0.2, 0.25) is 0 Å². The van der Waals surface area contributed by atoms with Crippen LogP contribution in [-0.2, 0) is 0 Å². The number of benzene rings is 2. The van der Waals surface area contributed by atoms with Gasteiger partial charge in [-0.25, -0.2) is 0 Å². The number of rotatable bonds is 3. The average Bonchev–Trinajstić information content (AvgIpc) is 2.40. The van der Waals surface area contributed by atoms with E-state index in [0.717, 1.165) is 17.1 Å². The van der Waals surface area contributed by atoms with Gasteiger partial charge in [-0.2, -0.15) is 0 Å². The van der Waals surface area contributed by atoms with E-state index in [0.29, 0.717) is 5.71 Å². The van der Waals surface area contributed by atoms with Crippen LogP contribution in [0.15, 0.2) is 59.8 Å². The molecule has 2 aromatic carbocycles. The zero-order chi connectivity index (χ0) is 12.1. The third-order valence-corrected chi connectivity index (χ3v) is 2.40. The van der Waals surface area contributed by atoms with Crippen LogP contribution in [0.4, 0.5) is 0 Å². The van der Waals surface area contributed by atoms with Gasteiger partial charge in [0.05, 0.1) is 5.71 Å². The number of hydrogen-bond donors (Lipinski definition) is 1. The molecule has 0 radical (unpaired) electrons. The molecule has 3 nitrogen and oxygen atoms in total. The van der Waals surface area contributed by atoms with Crippen molar-refractivity contribution in [3.63, 3.8) is 0 Å². The van der Waals surface area contributed by atoms with E-state index in [4.69, 9.17) is 9.94 Å². The van der Waals surface area contributed by atoms with Crippen LogP contribution in [0.25, 0.3) is 0 Å². The van der Waals surface area contributed by atoms with Gasteiger partial charge in [-0.3, -0.25) is 0 Å². The van der Waals surface area contributed by atoms with Crippen molar-refractivity contribution in [3.05, 3.63) is 60.2 Å².